The first-order valence-electron chi connectivity index (χ1n) is 6.86. The van der Waals surface area contributed by atoms with Crippen LogP contribution < -0.4 is 5.73 Å². The first-order valence-corrected chi connectivity index (χ1v) is 6.86. The molecule has 0 saturated heterocycles. The number of hydrogen-bond acceptors (Lipinski definition) is 3. The van der Waals surface area contributed by atoms with Crippen molar-refractivity contribution in [3.05, 3.63) is 0 Å². The van der Waals surface area contributed by atoms with E-state index >= 15 is 0 Å². The Kier molecular flexibility index (Phi) is 8.20. The van der Waals surface area contributed by atoms with Crippen LogP contribution in [-0.2, 0) is 9.53 Å². The molecule has 0 heterocycles. The molecule has 0 spiro atoms. The molecule has 1 unspecified atom stereocenters. The fraction of sp³-hybridized carbons (Fsp3) is 0.929. The van der Waals surface area contributed by atoms with Crippen LogP contribution in [0.4, 0.5) is 0 Å². The van der Waals surface area contributed by atoms with Gasteiger partial charge >= 0.3 is 0 Å². The van der Waals surface area contributed by atoms with Gasteiger partial charge in [-0.15, -0.1) is 0 Å². The maximum Gasteiger partial charge on any atom is 0.222 e. The molecule has 0 aliphatic rings. The second kappa shape index (κ2) is 8.48. The van der Waals surface area contributed by atoms with Crippen molar-refractivity contribution in [2.24, 2.45) is 11.1 Å². The van der Waals surface area contributed by atoms with Crippen LogP contribution in [0.5, 0.6) is 0 Å². The van der Waals surface area contributed by atoms with Crippen LogP contribution in [0, 0.1) is 5.41 Å². The van der Waals surface area contributed by atoms with E-state index in [9.17, 15) is 4.79 Å². The smallest absolute Gasteiger partial charge is 0.222 e. The highest BCUT2D eigenvalue weighted by atomic mass is 16.5. The molecule has 4 heteroatoms. The van der Waals surface area contributed by atoms with Gasteiger partial charge in [0.2, 0.25) is 5.91 Å². The second-order valence-electron chi connectivity index (χ2n) is 5.69. The first kappa shape index (κ1) is 17.4. The predicted molar refractivity (Wildman–Crippen MR) is 75.4 cm³/mol. The molecule has 0 aromatic carbocycles. The molecule has 0 aliphatic heterocycles. The number of carbonyl (C=O) groups excluding carboxylic acids is 1. The lowest BCUT2D eigenvalue weighted by atomic mass is 9.84. The van der Waals surface area contributed by atoms with E-state index < -0.39 is 0 Å². The van der Waals surface area contributed by atoms with Gasteiger partial charge < -0.3 is 15.4 Å². The summed E-state index contributed by atoms with van der Waals surface area (Å²) in [6.07, 6.45) is 2.44. The van der Waals surface area contributed by atoms with Crippen LogP contribution >= 0.6 is 0 Å². The van der Waals surface area contributed by atoms with E-state index in [2.05, 4.69) is 13.8 Å². The number of methoxy groups -OCH3 is 1. The van der Waals surface area contributed by atoms with E-state index in [1.165, 1.54) is 0 Å². The maximum absolute atomic E-state index is 12.2. The van der Waals surface area contributed by atoms with Crippen molar-refractivity contribution >= 4 is 5.91 Å². The SMILES string of the molecule is CCN(C(=O)CCC(C)(C)CCN)C(C)COC. The molecular weight excluding hydrogens is 228 g/mol. The summed E-state index contributed by atoms with van der Waals surface area (Å²) >= 11 is 0. The van der Waals surface area contributed by atoms with E-state index in [0.717, 1.165) is 19.4 Å². The lowest BCUT2D eigenvalue weighted by Crippen LogP contribution is -2.41. The highest BCUT2D eigenvalue weighted by Crippen LogP contribution is 2.26. The lowest BCUT2D eigenvalue weighted by molar-refractivity contribution is -0.134. The molecule has 0 aromatic heterocycles. The van der Waals surface area contributed by atoms with Crippen molar-refractivity contribution in [1.82, 2.24) is 4.90 Å². The number of nitrogens with two attached hydrogens (primary N) is 1. The fourth-order valence-electron chi connectivity index (χ4n) is 2.17. The zero-order valence-electron chi connectivity index (χ0n) is 12.7. The van der Waals surface area contributed by atoms with E-state index in [1.807, 2.05) is 18.7 Å². The van der Waals surface area contributed by atoms with Crippen molar-refractivity contribution in [2.45, 2.75) is 53.0 Å². The average molecular weight is 258 g/mol. The number of amides is 1. The molecule has 0 aliphatic carbocycles. The molecule has 0 saturated carbocycles. The molecule has 0 bridgehead atoms. The van der Waals surface area contributed by atoms with Crippen LogP contribution in [0.2, 0.25) is 0 Å². The van der Waals surface area contributed by atoms with E-state index in [1.54, 1.807) is 7.11 Å². The summed E-state index contributed by atoms with van der Waals surface area (Å²) in [6.45, 7) is 10.4. The summed E-state index contributed by atoms with van der Waals surface area (Å²) in [4.78, 5) is 14.1. The third-order valence-electron chi connectivity index (χ3n) is 3.44. The second-order valence-corrected chi connectivity index (χ2v) is 5.69. The number of ether oxygens (including phenoxy) is 1. The molecule has 0 rings (SSSR count). The molecular formula is C14H30N2O2. The highest BCUT2D eigenvalue weighted by molar-refractivity contribution is 5.76. The fourth-order valence-corrected chi connectivity index (χ4v) is 2.17. The van der Waals surface area contributed by atoms with Gasteiger partial charge in [0.1, 0.15) is 0 Å². The highest BCUT2D eigenvalue weighted by Gasteiger charge is 2.22. The summed E-state index contributed by atoms with van der Waals surface area (Å²) in [7, 11) is 1.67. The largest absolute Gasteiger partial charge is 0.383 e. The van der Waals surface area contributed by atoms with Crippen molar-refractivity contribution in [3.63, 3.8) is 0 Å². The number of hydrogen-bond donors (Lipinski definition) is 1. The summed E-state index contributed by atoms with van der Waals surface area (Å²) in [5.41, 5.74) is 5.73. The lowest BCUT2D eigenvalue weighted by Gasteiger charge is -2.30. The number of rotatable bonds is 9. The minimum atomic E-state index is 0.144. The molecule has 0 fully saturated rings. The summed E-state index contributed by atoms with van der Waals surface area (Å²) < 4.78 is 5.11. The zero-order valence-corrected chi connectivity index (χ0v) is 12.7. The molecule has 18 heavy (non-hydrogen) atoms. The average Bonchev–Trinajstić information content (AvgIpc) is 2.28. The van der Waals surface area contributed by atoms with Gasteiger partial charge in [0.05, 0.1) is 12.6 Å². The van der Waals surface area contributed by atoms with Gasteiger partial charge in [-0.3, -0.25) is 4.79 Å². The van der Waals surface area contributed by atoms with E-state index in [0.29, 0.717) is 19.6 Å². The Morgan fingerprint density at radius 1 is 1.39 bits per heavy atom. The van der Waals surface area contributed by atoms with Gasteiger partial charge in [0.15, 0.2) is 0 Å². The van der Waals surface area contributed by atoms with Crippen molar-refractivity contribution < 1.29 is 9.53 Å². The monoisotopic (exact) mass is 258 g/mol. The topological polar surface area (TPSA) is 55.6 Å². The van der Waals surface area contributed by atoms with Gasteiger partial charge in [0, 0.05) is 20.1 Å². The van der Waals surface area contributed by atoms with Crippen LogP contribution in [-0.4, -0.2) is 43.7 Å². The Hall–Kier alpha value is -0.610. The van der Waals surface area contributed by atoms with Crippen LogP contribution in [0.15, 0.2) is 0 Å². The number of nitrogens with zero attached hydrogens (tertiary/aromatic N) is 1. The van der Waals surface area contributed by atoms with Gasteiger partial charge in [-0.05, 0) is 38.6 Å². The zero-order chi connectivity index (χ0) is 14.2. The van der Waals surface area contributed by atoms with Crippen LogP contribution in [0.3, 0.4) is 0 Å². The molecule has 108 valence electrons. The quantitative estimate of drug-likeness (QED) is 0.688. The Bertz CT molecular complexity index is 242. The predicted octanol–water partition coefficient (Wildman–Crippen LogP) is 2.02. The minimum Gasteiger partial charge on any atom is -0.383 e. The van der Waals surface area contributed by atoms with Crippen LogP contribution in [0.25, 0.3) is 0 Å². The molecule has 1 atom stereocenters. The van der Waals surface area contributed by atoms with E-state index in [4.69, 9.17) is 10.5 Å². The molecule has 2 N–H and O–H groups in total. The van der Waals surface area contributed by atoms with Crippen LogP contribution in [0.1, 0.15) is 47.0 Å². The summed E-state index contributed by atoms with van der Waals surface area (Å²) in [5.74, 6) is 0.215. The molecule has 0 aromatic rings. The standard InChI is InChI=1S/C14H30N2O2/c1-6-16(12(2)11-18-5)13(17)7-8-14(3,4)9-10-15/h12H,6-11,15H2,1-5H3. The summed E-state index contributed by atoms with van der Waals surface area (Å²) in [5, 5.41) is 0. The number of likely N-dealkylation sites (N-methyl/N-ethyl adjacent to an activating group) is 1. The maximum atomic E-state index is 12.2. The summed E-state index contributed by atoms with van der Waals surface area (Å²) in [6, 6.07) is 0.144. The Labute approximate surface area is 112 Å². The van der Waals surface area contributed by atoms with Gasteiger partial charge in [0.25, 0.3) is 0 Å². The Morgan fingerprint density at radius 3 is 2.44 bits per heavy atom. The van der Waals surface area contributed by atoms with Crippen molar-refractivity contribution in [2.75, 3.05) is 26.8 Å². The van der Waals surface area contributed by atoms with Gasteiger partial charge in [-0.25, -0.2) is 0 Å². The van der Waals surface area contributed by atoms with Gasteiger partial charge in [-0.2, -0.15) is 0 Å². The van der Waals surface area contributed by atoms with Crippen molar-refractivity contribution in [3.8, 4) is 0 Å². The number of carbonyl (C=O) groups is 1. The minimum absolute atomic E-state index is 0.144. The Balaban J connectivity index is 4.28. The molecule has 4 nitrogen and oxygen atoms in total. The first-order chi connectivity index (χ1) is 8.37. The molecule has 1 amide bonds. The third-order valence-corrected chi connectivity index (χ3v) is 3.44. The normalized spacial score (nSPS) is 13.4. The Morgan fingerprint density at radius 2 is 2.00 bits per heavy atom. The van der Waals surface area contributed by atoms with Gasteiger partial charge in [-0.1, -0.05) is 13.8 Å². The molecule has 0 radical (unpaired) electrons. The third kappa shape index (κ3) is 6.36. The van der Waals surface area contributed by atoms with Crippen molar-refractivity contribution in [1.29, 1.82) is 0 Å². The van der Waals surface area contributed by atoms with E-state index in [-0.39, 0.29) is 17.4 Å².